The van der Waals surface area contributed by atoms with E-state index in [4.69, 9.17) is 16.3 Å². The molecular weight excluding hydrogens is 283 g/mol. The average molecular weight is 308 g/mol. The van der Waals surface area contributed by atoms with Crippen molar-refractivity contribution in [2.24, 2.45) is 4.99 Å². The van der Waals surface area contributed by atoms with E-state index in [0.29, 0.717) is 11.3 Å². The summed E-state index contributed by atoms with van der Waals surface area (Å²) in [6.07, 6.45) is 7.86. The Morgan fingerprint density at radius 1 is 1.50 bits per heavy atom. The maximum absolute atomic E-state index is 5.84. The van der Waals surface area contributed by atoms with Crippen molar-refractivity contribution in [3.05, 3.63) is 0 Å². The van der Waals surface area contributed by atoms with Crippen molar-refractivity contribution in [3.8, 4) is 0 Å². The number of hydrogen-bond donors (Lipinski definition) is 1. The van der Waals surface area contributed by atoms with E-state index in [0.717, 1.165) is 13.0 Å². The highest BCUT2D eigenvalue weighted by Gasteiger charge is 2.19. The molecular formula is C12H25N2OPS2. The van der Waals surface area contributed by atoms with Crippen molar-refractivity contribution in [2.45, 2.75) is 64.2 Å². The van der Waals surface area contributed by atoms with E-state index in [1.165, 1.54) is 25.7 Å². The highest BCUT2D eigenvalue weighted by molar-refractivity contribution is 8.69. The monoisotopic (exact) mass is 308 g/mol. The van der Waals surface area contributed by atoms with E-state index in [-0.39, 0.29) is 0 Å². The topological polar surface area (TPSA) is 33.6 Å². The normalized spacial score (nSPS) is 20.7. The molecule has 1 fully saturated rings. The van der Waals surface area contributed by atoms with E-state index in [1.54, 1.807) is 11.4 Å². The van der Waals surface area contributed by atoms with Crippen LogP contribution in [0.3, 0.4) is 0 Å². The molecule has 0 heterocycles. The van der Waals surface area contributed by atoms with Crippen LogP contribution in [-0.2, 0) is 16.3 Å². The Morgan fingerprint density at radius 2 is 2.17 bits per heavy atom. The Bertz CT molecular complexity index is 304. The van der Waals surface area contributed by atoms with Gasteiger partial charge in [0, 0.05) is 5.25 Å². The molecule has 3 nitrogen and oxygen atoms in total. The third-order valence-electron chi connectivity index (χ3n) is 2.64. The molecule has 1 rings (SSSR count). The van der Waals surface area contributed by atoms with Crippen LogP contribution in [0.5, 0.6) is 0 Å². The fourth-order valence-corrected chi connectivity index (χ4v) is 7.54. The first-order valence-electron chi connectivity index (χ1n) is 6.78. The van der Waals surface area contributed by atoms with Gasteiger partial charge in [0.2, 0.25) is 5.62 Å². The fraction of sp³-hybridized carbons (Fsp3) is 0.917. The van der Waals surface area contributed by atoms with Crippen LogP contribution in [0, 0.1) is 0 Å². The number of nitrogens with one attached hydrogen (secondary N) is 1. The summed E-state index contributed by atoms with van der Waals surface area (Å²) < 4.78 is 5.84. The molecule has 1 aliphatic carbocycles. The zero-order valence-electron chi connectivity index (χ0n) is 11.6. The number of rotatable bonds is 8. The van der Waals surface area contributed by atoms with Gasteiger partial charge in [-0.15, -0.1) is 0 Å². The minimum atomic E-state index is -2.00. The standard InChI is InChI=1S/C12H25N2OPS2/c1-4-9-15-16(17,18-11(2)3)14-10-13-12-7-5-6-8-12/h10-12H,4-9H2,1-3H3,(H,13,14,17). The van der Waals surface area contributed by atoms with Gasteiger partial charge in [0.1, 0.15) is 0 Å². The number of nitrogens with zero attached hydrogens (tertiary/aromatic N) is 1. The molecule has 1 saturated carbocycles. The third-order valence-corrected chi connectivity index (χ3v) is 8.43. The Kier molecular flexibility index (Phi) is 7.85. The molecule has 1 aliphatic rings. The zero-order chi connectivity index (χ0) is 13.4. The molecule has 0 saturated heterocycles. The van der Waals surface area contributed by atoms with E-state index in [1.807, 2.05) is 6.34 Å². The summed E-state index contributed by atoms with van der Waals surface area (Å²) in [6, 6.07) is 0.496. The molecule has 0 bridgehead atoms. The van der Waals surface area contributed by atoms with Crippen molar-refractivity contribution < 1.29 is 4.52 Å². The molecule has 0 amide bonds. The Hall–Kier alpha value is 0.430. The molecule has 1 N–H and O–H groups in total. The third kappa shape index (κ3) is 6.55. The summed E-state index contributed by atoms with van der Waals surface area (Å²) >= 11 is 7.36. The molecule has 0 aliphatic heterocycles. The molecule has 6 heteroatoms. The van der Waals surface area contributed by atoms with Crippen LogP contribution in [0.25, 0.3) is 0 Å². The lowest BCUT2D eigenvalue weighted by atomic mass is 10.3. The lowest BCUT2D eigenvalue weighted by molar-refractivity contribution is 0.356. The average Bonchev–Trinajstić information content (AvgIpc) is 2.78. The van der Waals surface area contributed by atoms with E-state index in [2.05, 4.69) is 30.9 Å². The van der Waals surface area contributed by atoms with Gasteiger partial charge in [-0.3, -0.25) is 4.99 Å². The molecule has 0 radical (unpaired) electrons. The second kappa shape index (κ2) is 8.57. The zero-order valence-corrected chi connectivity index (χ0v) is 14.1. The van der Waals surface area contributed by atoms with Gasteiger partial charge >= 0.3 is 0 Å². The minimum Gasteiger partial charge on any atom is -0.326 e. The molecule has 106 valence electrons. The largest absolute Gasteiger partial charge is 0.326 e. The van der Waals surface area contributed by atoms with Crippen LogP contribution >= 0.6 is 17.0 Å². The van der Waals surface area contributed by atoms with Gasteiger partial charge in [-0.2, -0.15) is 0 Å². The van der Waals surface area contributed by atoms with E-state index >= 15 is 0 Å². The highest BCUT2D eigenvalue weighted by Crippen LogP contribution is 2.57. The van der Waals surface area contributed by atoms with Crippen molar-refractivity contribution >= 4 is 35.1 Å². The van der Waals surface area contributed by atoms with Crippen molar-refractivity contribution in [3.63, 3.8) is 0 Å². The SMILES string of the molecule is CCCOP(=S)(NC=NC1CCCC1)SC(C)C. The number of hydrogen-bond acceptors (Lipinski definition) is 4. The van der Waals surface area contributed by atoms with Crippen LogP contribution in [0.1, 0.15) is 52.9 Å². The van der Waals surface area contributed by atoms with Crippen LogP contribution in [-0.4, -0.2) is 24.2 Å². The Balaban J connectivity index is 2.46. The van der Waals surface area contributed by atoms with Gasteiger partial charge < -0.3 is 9.61 Å². The lowest BCUT2D eigenvalue weighted by Gasteiger charge is -2.22. The van der Waals surface area contributed by atoms with Crippen molar-refractivity contribution in [2.75, 3.05) is 6.61 Å². The molecule has 18 heavy (non-hydrogen) atoms. The van der Waals surface area contributed by atoms with E-state index in [9.17, 15) is 0 Å². The maximum atomic E-state index is 5.84. The molecule has 0 aromatic heterocycles. The van der Waals surface area contributed by atoms with Crippen molar-refractivity contribution in [1.82, 2.24) is 5.09 Å². The van der Waals surface area contributed by atoms with Crippen molar-refractivity contribution in [1.29, 1.82) is 0 Å². The lowest BCUT2D eigenvalue weighted by Crippen LogP contribution is -2.12. The quantitative estimate of drug-likeness (QED) is 0.411. The second-order valence-corrected chi connectivity index (χ2v) is 11.9. The first-order chi connectivity index (χ1) is 8.56. The fourth-order valence-electron chi connectivity index (χ4n) is 1.85. The summed E-state index contributed by atoms with van der Waals surface area (Å²) in [5, 5.41) is 3.74. The van der Waals surface area contributed by atoms with Gasteiger partial charge in [0.05, 0.1) is 19.0 Å². The van der Waals surface area contributed by atoms with E-state index < -0.39 is 5.62 Å². The van der Waals surface area contributed by atoms with Crippen LogP contribution in [0.4, 0.5) is 0 Å². The summed E-state index contributed by atoms with van der Waals surface area (Å²) in [7, 11) is 0. The molecule has 0 spiro atoms. The van der Waals surface area contributed by atoms with Crippen LogP contribution < -0.4 is 5.09 Å². The highest BCUT2D eigenvalue weighted by atomic mass is 32.9. The van der Waals surface area contributed by atoms with Gasteiger partial charge in [-0.25, -0.2) is 0 Å². The summed E-state index contributed by atoms with van der Waals surface area (Å²) in [6.45, 7) is 7.13. The summed E-state index contributed by atoms with van der Waals surface area (Å²) in [5.74, 6) is 0. The molecule has 1 unspecified atom stereocenters. The molecule has 0 aromatic rings. The number of aliphatic imine (C=N–C) groups is 1. The Labute approximate surface area is 120 Å². The maximum Gasteiger partial charge on any atom is 0.211 e. The van der Waals surface area contributed by atoms with Gasteiger partial charge in [0.15, 0.2) is 0 Å². The van der Waals surface area contributed by atoms with Gasteiger partial charge in [-0.1, -0.05) is 45.0 Å². The summed E-state index contributed by atoms with van der Waals surface area (Å²) in [5.41, 5.74) is -2.00. The predicted octanol–water partition coefficient (Wildman–Crippen LogP) is 4.34. The predicted molar refractivity (Wildman–Crippen MR) is 87.1 cm³/mol. The Morgan fingerprint density at radius 3 is 2.72 bits per heavy atom. The summed E-state index contributed by atoms with van der Waals surface area (Å²) in [4.78, 5) is 4.56. The van der Waals surface area contributed by atoms with Gasteiger partial charge in [0.25, 0.3) is 0 Å². The molecule has 0 aromatic carbocycles. The second-order valence-electron chi connectivity index (χ2n) is 4.83. The minimum absolute atomic E-state index is 0.472. The first-order valence-corrected chi connectivity index (χ1v) is 11.0. The first kappa shape index (κ1) is 16.5. The van der Waals surface area contributed by atoms with Gasteiger partial charge in [-0.05, 0) is 31.1 Å². The van der Waals surface area contributed by atoms with Crippen LogP contribution in [0.15, 0.2) is 4.99 Å². The molecule has 1 atom stereocenters. The smallest absolute Gasteiger partial charge is 0.211 e. The van der Waals surface area contributed by atoms with Crippen LogP contribution in [0.2, 0.25) is 0 Å².